The van der Waals surface area contributed by atoms with Crippen LogP contribution in [0, 0.1) is 11.8 Å². The second kappa shape index (κ2) is 10.4. The molecular formula is C23H30N2O7S. The van der Waals surface area contributed by atoms with E-state index >= 15 is 0 Å². The van der Waals surface area contributed by atoms with Crippen LogP contribution in [-0.2, 0) is 26.1 Å². The third-order valence-electron chi connectivity index (χ3n) is 5.58. The summed E-state index contributed by atoms with van der Waals surface area (Å²) in [5.74, 6) is -0.0134. The van der Waals surface area contributed by atoms with Gasteiger partial charge in [0.15, 0.2) is 6.61 Å². The molecule has 1 aromatic carbocycles. The van der Waals surface area contributed by atoms with Crippen LogP contribution in [0.15, 0.2) is 45.9 Å². The SMILES string of the molecule is COc1ccc(C(=O)OCC(=O)N(C)Cc2ccco2)cc1S(=O)(=O)N1CC(C)CC(C)C1. The Hall–Kier alpha value is -2.85. The summed E-state index contributed by atoms with van der Waals surface area (Å²) in [4.78, 5) is 26.1. The number of sulfonamides is 1. The van der Waals surface area contributed by atoms with Crippen molar-refractivity contribution < 1.29 is 31.9 Å². The molecule has 1 fully saturated rings. The van der Waals surface area contributed by atoms with Gasteiger partial charge in [0.1, 0.15) is 16.4 Å². The van der Waals surface area contributed by atoms with Crippen LogP contribution in [0.3, 0.4) is 0 Å². The third-order valence-corrected chi connectivity index (χ3v) is 7.43. The van der Waals surface area contributed by atoms with Gasteiger partial charge in [-0.05, 0) is 48.6 Å². The number of ether oxygens (including phenoxy) is 2. The number of nitrogens with zero attached hydrogens (tertiary/aromatic N) is 2. The summed E-state index contributed by atoms with van der Waals surface area (Å²) in [6.07, 6.45) is 2.46. The summed E-state index contributed by atoms with van der Waals surface area (Å²) >= 11 is 0. The average Bonchev–Trinajstić information content (AvgIpc) is 3.29. The second-order valence-corrected chi connectivity index (χ2v) is 10.4. The number of carbonyl (C=O) groups is 2. The number of carbonyl (C=O) groups excluding carboxylic acids is 2. The summed E-state index contributed by atoms with van der Waals surface area (Å²) in [6, 6.07) is 7.54. The average molecular weight is 479 g/mol. The lowest BCUT2D eigenvalue weighted by molar-refractivity contribution is -0.133. The van der Waals surface area contributed by atoms with E-state index in [9.17, 15) is 18.0 Å². The first-order chi connectivity index (χ1) is 15.6. The predicted octanol–water partition coefficient (Wildman–Crippen LogP) is 2.77. The monoisotopic (exact) mass is 478 g/mol. The molecule has 0 spiro atoms. The minimum absolute atomic E-state index is 0.0222. The molecule has 180 valence electrons. The summed E-state index contributed by atoms with van der Waals surface area (Å²) in [5, 5.41) is 0. The molecule has 1 aliphatic heterocycles. The molecule has 3 rings (SSSR count). The zero-order valence-electron chi connectivity index (χ0n) is 19.3. The van der Waals surface area contributed by atoms with Gasteiger partial charge in [0.25, 0.3) is 5.91 Å². The molecule has 1 amide bonds. The molecule has 0 bridgehead atoms. The van der Waals surface area contributed by atoms with Crippen molar-refractivity contribution in [1.82, 2.24) is 9.21 Å². The van der Waals surface area contributed by atoms with E-state index in [0.717, 1.165) is 6.42 Å². The Morgan fingerprint density at radius 3 is 2.48 bits per heavy atom. The molecule has 2 aromatic rings. The van der Waals surface area contributed by atoms with Crippen molar-refractivity contribution in [1.29, 1.82) is 0 Å². The highest BCUT2D eigenvalue weighted by molar-refractivity contribution is 7.89. The van der Waals surface area contributed by atoms with E-state index in [2.05, 4.69) is 0 Å². The molecular weight excluding hydrogens is 448 g/mol. The highest BCUT2D eigenvalue weighted by atomic mass is 32.2. The zero-order valence-corrected chi connectivity index (χ0v) is 20.1. The minimum Gasteiger partial charge on any atom is -0.495 e. The Kier molecular flexibility index (Phi) is 7.80. The van der Waals surface area contributed by atoms with Crippen molar-refractivity contribution in [2.45, 2.75) is 31.7 Å². The van der Waals surface area contributed by atoms with Crippen LogP contribution in [-0.4, -0.2) is 63.4 Å². The quantitative estimate of drug-likeness (QED) is 0.537. The van der Waals surface area contributed by atoms with Gasteiger partial charge in [0.05, 0.1) is 25.5 Å². The maximum Gasteiger partial charge on any atom is 0.338 e. The number of methoxy groups -OCH3 is 1. The Morgan fingerprint density at radius 1 is 1.18 bits per heavy atom. The molecule has 9 nitrogen and oxygen atoms in total. The number of furan rings is 1. The highest BCUT2D eigenvalue weighted by Gasteiger charge is 2.34. The van der Waals surface area contributed by atoms with Crippen molar-refractivity contribution in [3.63, 3.8) is 0 Å². The molecule has 10 heteroatoms. The zero-order chi connectivity index (χ0) is 24.2. The molecule has 1 aromatic heterocycles. The van der Waals surface area contributed by atoms with E-state index in [0.29, 0.717) is 18.8 Å². The number of esters is 1. The fourth-order valence-electron chi connectivity index (χ4n) is 3.99. The standard InChI is InChI=1S/C23H30N2O7S/c1-16-10-17(2)13-25(12-16)33(28,29)21-11-18(7-8-20(21)30-4)23(27)32-15-22(26)24(3)14-19-6-5-9-31-19/h5-9,11,16-17H,10,12-15H2,1-4H3. The van der Waals surface area contributed by atoms with Gasteiger partial charge in [-0.2, -0.15) is 4.31 Å². The van der Waals surface area contributed by atoms with E-state index in [1.54, 1.807) is 19.2 Å². The van der Waals surface area contributed by atoms with E-state index < -0.39 is 28.5 Å². The molecule has 2 atom stereocenters. The van der Waals surface area contributed by atoms with Crippen molar-refractivity contribution in [3.8, 4) is 5.75 Å². The first kappa shape index (κ1) is 24.8. The first-order valence-electron chi connectivity index (χ1n) is 10.7. The minimum atomic E-state index is -3.89. The lowest BCUT2D eigenvalue weighted by Gasteiger charge is -2.34. The lowest BCUT2D eigenvalue weighted by atomic mass is 9.94. The topological polar surface area (TPSA) is 106 Å². The van der Waals surface area contributed by atoms with Gasteiger partial charge in [0, 0.05) is 20.1 Å². The van der Waals surface area contributed by atoms with Crippen molar-refractivity contribution >= 4 is 21.9 Å². The summed E-state index contributed by atoms with van der Waals surface area (Å²) in [5.41, 5.74) is 0.0222. The van der Waals surface area contributed by atoms with Crippen molar-refractivity contribution in [3.05, 3.63) is 47.9 Å². The summed E-state index contributed by atoms with van der Waals surface area (Å²) in [6.45, 7) is 4.60. The van der Waals surface area contributed by atoms with E-state index in [1.807, 2.05) is 13.8 Å². The number of hydrogen-bond acceptors (Lipinski definition) is 7. The van der Waals surface area contributed by atoms with Crippen molar-refractivity contribution in [2.24, 2.45) is 11.8 Å². The predicted molar refractivity (Wildman–Crippen MR) is 120 cm³/mol. The van der Waals surface area contributed by atoms with Crippen LogP contribution in [0.2, 0.25) is 0 Å². The van der Waals surface area contributed by atoms with Crippen LogP contribution >= 0.6 is 0 Å². The van der Waals surface area contributed by atoms with Gasteiger partial charge in [-0.15, -0.1) is 0 Å². The van der Waals surface area contributed by atoms with E-state index in [1.165, 1.54) is 40.8 Å². The van der Waals surface area contributed by atoms with Gasteiger partial charge in [0.2, 0.25) is 10.0 Å². The molecule has 33 heavy (non-hydrogen) atoms. The normalized spacial score (nSPS) is 19.2. The number of likely N-dealkylation sites (N-methyl/N-ethyl adjacent to an activating group) is 1. The second-order valence-electron chi connectivity index (χ2n) is 8.54. The van der Waals surface area contributed by atoms with Crippen LogP contribution in [0.4, 0.5) is 0 Å². The third kappa shape index (κ3) is 5.94. The summed E-state index contributed by atoms with van der Waals surface area (Å²) in [7, 11) is -0.942. The maximum atomic E-state index is 13.4. The Labute approximate surface area is 194 Å². The van der Waals surface area contributed by atoms with E-state index in [4.69, 9.17) is 13.9 Å². The molecule has 2 unspecified atom stereocenters. The fourth-order valence-corrected chi connectivity index (χ4v) is 5.85. The number of benzene rings is 1. The number of rotatable bonds is 8. The van der Waals surface area contributed by atoms with Crippen LogP contribution in [0.25, 0.3) is 0 Å². The fraction of sp³-hybridized carbons (Fsp3) is 0.478. The van der Waals surface area contributed by atoms with Crippen LogP contribution in [0.5, 0.6) is 5.75 Å². The molecule has 0 N–H and O–H groups in total. The lowest BCUT2D eigenvalue weighted by Crippen LogP contribution is -2.42. The van der Waals surface area contributed by atoms with Gasteiger partial charge < -0.3 is 18.8 Å². The number of hydrogen-bond donors (Lipinski definition) is 0. The smallest absolute Gasteiger partial charge is 0.338 e. The molecule has 0 aliphatic carbocycles. The Bertz CT molecular complexity index is 1070. The van der Waals surface area contributed by atoms with Gasteiger partial charge in [-0.1, -0.05) is 13.8 Å². The largest absolute Gasteiger partial charge is 0.495 e. The molecule has 2 heterocycles. The number of piperidine rings is 1. The van der Waals surface area contributed by atoms with Crippen molar-refractivity contribution in [2.75, 3.05) is 33.9 Å². The van der Waals surface area contributed by atoms with Crippen LogP contribution in [0.1, 0.15) is 36.4 Å². The van der Waals surface area contributed by atoms with Gasteiger partial charge >= 0.3 is 5.97 Å². The molecule has 1 saturated heterocycles. The van der Waals surface area contributed by atoms with E-state index in [-0.39, 0.29) is 34.6 Å². The highest BCUT2D eigenvalue weighted by Crippen LogP contribution is 2.32. The Balaban J connectivity index is 1.73. The van der Waals surface area contributed by atoms with Gasteiger partial charge in [-0.25, -0.2) is 13.2 Å². The number of amides is 1. The summed E-state index contributed by atoms with van der Waals surface area (Å²) < 4.78 is 43.8. The van der Waals surface area contributed by atoms with Crippen LogP contribution < -0.4 is 4.74 Å². The Morgan fingerprint density at radius 2 is 1.88 bits per heavy atom. The first-order valence-corrected chi connectivity index (χ1v) is 12.2. The maximum absolute atomic E-state index is 13.4. The molecule has 0 radical (unpaired) electrons. The van der Waals surface area contributed by atoms with Gasteiger partial charge in [-0.3, -0.25) is 4.79 Å². The molecule has 1 aliphatic rings. The molecule has 0 saturated carbocycles.